The molecule has 0 aliphatic heterocycles. The third-order valence-corrected chi connectivity index (χ3v) is 16.1. The number of rotatable bonds is 0. The van der Waals surface area contributed by atoms with Crippen LogP contribution in [0.25, 0.3) is 55.6 Å². The molecule has 0 spiro atoms. The normalized spacial score (nSPS) is 27.8. The summed E-state index contributed by atoms with van der Waals surface area (Å²) in [4.78, 5) is 25.5. The predicted molar refractivity (Wildman–Crippen MR) is 224 cm³/mol. The molecule has 6 atom stereocenters. The van der Waals surface area contributed by atoms with Crippen LogP contribution >= 0.6 is 0 Å². The zero-order valence-electron chi connectivity index (χ0n) is 35.6. The number of allylic oxidation sites excluding steroid dienone is 4. The van der Waals surface area contributed by atoms with Gasteiger partial charge >= 0.3 is 0 Å². The molecule has 0 aromatic heterocycles. The largest absolute Gasteiger partial charge is 0.665 e. The molecule has 11 aliphatic rings. The first-order valence-corrected chi connectivity index (χ1v) is 19.1. The van der Waals surface area contributed by atoms with Gasteiger partial charge in [-0.3, -0.25) is 15.8 Å². The fourth-order valence-corrected chi connectivity index (χ4v) is 15.3. The quantitative estimate of drug-likeness (QED) is 0.0564. The minimum Gasteiger partial charge on any atom is -0.665 e. The Hall–Kier alpha value is -0.201. The second-order valence-corrected chi connectivity index (χ2v) is 17.3. The van der Waals surface area contributed by atoms with E-state index in [1.807, 2.05) is 0 Å². The van der Waals surface area contributed by atoms with Gasteiger partial charge < -0.3 is 69.1 Å². The van der Waals surface area contributed by atoms with Crippen LogP contribution in [0, 0.1) is 61.4 Å². The molecule has 15 heteroatoms. The maximum atomic E-state index is 8.24. The third-order valence-electron chi connectivity index (χ3n) is 16.1. The van der Waals surface area contributed by atoms with Crippen molar-refractivity contribution in [3.63, 3.8) is 0 Å². The summed E-state index contributed by atoms with van der Waals surface area (Å²) < 4.78 is 0. The number of hydrogen-bond acceptors (Lipinski definition) is 8. The van der Waals surface area contributed by atoms with Crippen LogP contribution in [0.1, 0.15) is 62.6 Å². The molecule has 66 heavy (non-hydrogen) atoms. The standard InChI is InChI=1S/C46H23.3CH3O2.2CHO2.5Y/c1-41-27-17-7-8-18-20-10-12-22-24-14-16-26-25-15-13-23-21-11-9-19(17)29(41)31(21)43(3)33(23)35(25)45(5)36(26)34(24)44(4)32(22)30(20)42(2,28(18)27)38-37(41)39(43)46(45,6)40(38)44;3*1-3-2;2*2-1-3;;;;;/h7-16H,1-5H2,6H3;3*2H,1H2;2*(H,2,3);;;;;/q-5;5*-1;;;;;/t41-,42+,43-,44+,45?,46?;;;;;;;;;;. The van der Waals surface area contributed by atoms with Crippen LogP contribution in [0.3, 0.4) is 0 Å². The summed E-state index contributed by atoms with van der Waals surface area (Å²) in [5, 5.41) is 34.4. The van der Waals surface area contributed by atoms with Crippen molar-refractivity contribution in [2.24, 2.45) is 5.41 Å². The first kappa shape index (κ1) is 55.1. The molecule has 323 valence electrons. The smallest absolute Gasteiger partial charge is 0 e. The van der Waals surface area contributed by atoms with Crippen molar-refractivity contribution in [1.82, 2.24) is 0 Å². The molecule has 11 aliphatic carbocycles. The van der Waals surface area contributed by atoms with E-state index in [1.165, 1.54) is 134 Å². The topological polar surface area (TPSA) is 163 Å². The zero-order valence-corrected chi connectivity index (χ0v) is 49.8. The Bertz CT molecular complexity index is 2910. The molecule has 5 aromatic carbocycles. The van der Waals surface area contributed by atoms with Crippen LogP contribution in [-0.2, 0) is 215 Å². The van der Waals surface area contributed by atoms with Gasteiger partial charge in [0.2, 0.25) is 0 Å². The van der Waals surface area contributed by atoms with Gasteiger partial charge in [-0.25, -0.2) is 0 Å². The van der Waals surface area contributed by atoms with Crippen molar-refractivity contribution < 1.29 is 214 Å². The number of fused-ring (bicyclic) bond motifs is 5. The van der Waals surface area contributed by atoms with Crippen LogP contribution in [-0.4, -0.2) is 38.9 Å². The van der Waals surface area contributed by atoms with Gasteiger partial charge in [0, 0.05) is 164 Å². The molecular formula is C51H34O10Y5-10. The maximum Gasteiger partial charge on any atom is 0 e. The zero-order chi connectivity index (χ0) is 43.5. The van der Waals surface area contributed by atoms with E-state index in [-0.39, 0.29) is 164 Å². The van der Waals surface area contributed by atoms with Gasteiger partial charge in [-0.2, -0.15) is 21.3 Å². The van der Waals surface area contributed by atoms with Gasteiger partial charge in [-0.15, -0.1) is 0 Å². The fraction of sp³-hybridized carbons (Fsp3) is 0.137. The van der Waals surface area contributed by atoms with Crippen LogP contribution in [0.5, 0.6) is 0 Å². The Morgan fingerprint density at radius 2 is 0.545 bits per heavy atom. The fourth-order valence-electron chi connectivity index (χ4n) is 15.3. The van der Waals surface area contributed by atoms with E-state index >= 15 is 0 Å². The molecule has 2 unspecified atom stereocenters. The van der Waals surface area contributed by atoms with E-state index in [9.17, 15) is 0 Å². The van der Waals surface area contributed by atoms with Gasteiger partial charge in [0.25, 0.3) is 0 Å². The van der Waals surface area contributed by atoms with E-state index in [0.717, 1.165) is 0 Å². The van der Waals surface area contributed by atoms with Crippen LogP contribution in [0.2, 0.25) is 0 Å². The number of benzene rings is 5. The molecule has 16 rings (SSSR count). The molecule has 5 N–H and O–H groups in total. The van der Waals surface area contributed by atoms with Gasteiger partial charge in [-0.05, 0) is 61.0 Å². The Labute approximate surface area is 508 Å². The first-order chi connectivity index (χ1) is 29.2. The summed E-state index contributed by atoms with van der Waals surface area (Å²) >= 11 is 0. The van der Waals surface area contributed by atoms with E-state index < -0.39 is 32.5 Å². The Morgan fingerprint density at radius 3 is 0.742 bits per heavy atom. The molecule has 0 fully saturated rings. The molecular weight excluding hydrogens is 1220 g/mol. The molecule has 5 aromatic rings. The van der Waals surface area contributed by atoms with Gasteiger partial charge in [0.1, 0.15) is 0 Å². The number of aliphatic hydroxyl groups excluding tert-OH is 2. The van der Waals surface area contributed by atoms with Crippen molar-refractivity contribution in [1.29, 1.82) is 0 Å². The van der Waals surface area contributed by atoms with Crippen molar-refractivity contribution in [2.75, 3.05) is 0 Å². The molecule has 0 saturated heterocycles. The van der Waals surface area contributed by atoms with E-state index in [0.29, 0.717) is 12.9 Å². The van der Waals surface area contributed by atoms with Crippen LogP contribution in [0.15, 0.2) is 83.0 Å². The van der Waals surface area contributed by atoms with E-state index in [4.69, 9.17) is 70.2 Å². The number of hydrogen-bond donors (Lipinski definition) is 5. The minimum atomic E-state index is -0.520. The first-order valence-electron chi connectivity index (χ1n) is 19.1. The van der Waals surface area contributed by atoms with Gasteiger partial charge in [0.05, 0.1) is 0 Å². The summed E-state index contributed by atoms with van der Waals surface area (Å²) in [6, 6.07) is 24.2. The maximum absolute atomic E-state index is 8.24. The average molecular weight is 1250 g/mol. The third kappa shape index (κ3) is 5.11. The molecule has 0 heterocycles. The Kier molecular flexibility index (Phi) is 14.6. The molecule has 5 radical (unpaired) electrons. The van der Waals surface area contributed by atoms with Crippen LogP contribution in [0.4, 0.5) is 0 Å². The summed E-state index contributed by atoms with van der Waals surface area (Å²) in [6.07, 6.45) is 0. The van der Waals surface area contributed by atoms with E-state index in [1.54, 1.807) is 0 Å². The second kappa shape index (κ2) is 17.5. The molecule has 0 saturated carbocycles. The summed E-state index contributed by atoms with van der Waals surface area (Å²) in [6.45, 7) is 30.9. The summed E-state index contributed by atoms with van der Waals surface area (Å²) in [5.74, 6) is 0. The van der Waals surface area contributed by atoms with Crippen molar-refractivity contribution in [3.8, 4) is 55.6 Å². The SMILES string of the molecule is O=[C-]O.O=[C-]O.[CH2-]C12c3c4ccc5c3[C@]3([CH2-])C6=C7C8=C(C61C)[C@]1([CH2-])c6c(ccc-4c62)-c2ccc4c(c21)[C@]8([CH2-])c1c-4ccc2c1[C@]7([CH2-])c1c-2ccc-5c13.[CH2-]OO.[CH2-]OO.[CH2-]OO.[Y].[Y].[Y].[Y].[Y]. The molecule has 10 nitrogen and oxygen atoms in total. The van der Waals surface area contributed by atoms with Crippen LogP contribution < -0.4 is 0 Å². The second-order valence-electron chi connectivity index (χ2n) is 17.3. The predicted octanol–water partition coefficient (Wildman–Crippen LogP) is 9.18. The summed E-state index contributed by atoms with van der Waals surface area (Å²) in [5.41, 5.74) is 30.4. The summed E-state index contributed by atoms with van der Waals surface area (Å²) in [7, 11) is 7.62. The van der Waals surface area contributed by atoms with Gasteiger partial charge in [0.15, 0.2) is 0 Å². The average Bonchev–Trinajstić information content (AvgIpc) is 3.99. The Morgan fingerprint density at radius 1 is 0.394 bits per heavy atom. The van der Waals surface area contributed by atoms with Crippen molar-refractivity contribution in [3.05, 3.63) is 195 Å². The van der Waals surface area contributed by atoms with Crippen molar-refractivity contribution in [2.45, 2.75) is 34.0 Å². The molecule has 0 amide bonds. The van der Waals surface area contributed by atoms with Crippen molar-refractivity contribution >= 4 is 12.9 Å². The monoisotopic (exact) mass is 1250 g/mol. The van der Waals surface area contributed by atoms with Gasteiger partial charge in [-0.1, -0.05) is 186 Å². The van der Waals surface area contributed by atoms with E-state index in [2.05, 4.69) is 104 Å². The Balaban J connectivity index is 0.000000325. The minimum absolute atomic E-state index is 0. The molecule has 0 bridgehead atoms.